The normalized spacial score (nSPS) is 41.8. The van der Waals surface area contributed by atoms with Crippen molar-refractivity contribution in [1.82, 2.24) is 4.90 Å². The molecule has 0 amide bonds. The lowest BCUT2D eigenvalue weighted by molar-refractivity contribution is -0.174. The van der Waals surface area contributed by atoms with Crippen molar-refractivity contribution in [3.8, 4) is 11.5 Å². The molecule has 0 radical (unpaired) electrons. The van der Waals surface area contributed by atoms with E-state index in [4.69, 9.17) is 4.74 Å². The largest absolute Gasteiger partial charge is 0.504 e. The molecule has 1 aromatic carbocycles. The molecule has 0 aromatic heterocycles. The van der Waals surface area contributed by atoms with Gasteiger partial charge in [0.05, 0.1) is 11.0 Å². The number of hydrogen-bond acceptors (Lipinski definition) is 4. The Labute approximate surface area is 154 Å². The van der Waals surface area contributed by atoms with E-state index in [1.165, 1.54) is 24.0 Å². The van der Waals surface area contributed by atoms with Gasteiger partial charge in [-0.3, -0.25) is 4.90 Å². The van der Waals surface area contributed by atoms with E-state index in [9.17, 15) is 10.2 Å². The summed E-state index contributed by atoms with van der Waals surface area (Å²) < 4.78 is 6.41. The predicted octanol–water partition coefficient (Wildman–Crippen LogP) is 2.90. The van der Waals surface area contributed by atoms with Crippen LogP contribution < -0.4 is 4.74 Å². The zero-order valence-corrected chi connectivity index (χ0v) is 15.4. The number of rotatable bonds is 2. The first-order valence-electron chi connectivity index (χ1n) is 10.2. The molecule has 5 aliphatic rings. The molecule has 1 aromatic rings. The number of aromatic hydroxyl groups is 1. The van der Waals surface area contributed by atoms with E-state index in [-0.39, 0.29) is 23.3 Å². The summed E-state index contributed by atoms with van der Waals surface area (Å²) in [6.45, 7) is 4.23. The number of piperidine rings is 1. The first kappa shape index (κ1) is 15.5. The Morgan fingerprint density at radius 2 is 2.15 bits per heavy atom. The highest BCUT2D eigenvalue weighted by Gasteiger charge is 2.72. The van der Waals surface area contributed by atoms with Crippen molar-refractivity contribution in [2.45, 2.75) is 68.6 Å². The fourth-order valence-electron chi connectivity index (χ4n) is 6.63. The average molecular weight is 353 g/mol. The molecule has 2 N–H and O–H groups in total. The Bertz CT molecular complexity index is 829. The Morgan fingerprint density at radius 1 is 1.31 bits per heavy atom. The summed E-state index contributed by atoms with van der Waals surface area (Å²) in [4.78, 5) is 2.58. The minimum absolute atomic E-state index is 0.126. The van der Waals surface area contributed by atoms with E-state index in [2.05, 4.69) is 24.0 Å². The topological polar surface area (TPSA) is 52.9 Å². The van der Waals surface area contributed by atoms with Gasteiger partial charge in [-0.25, -0.2) is 0 Å². The van der Waals surface area contributed by atoms with Crippen molar-refractivity contribution in [1.29, 1.82) is 0 Å². The molecule has 2 bridgehead atoms. The van der Waals surface area contributed by atoms with Crippen LogP contribution >= 0.6 is 0 Å². The molecule has 4 atom stereocenters. The minimum Gasteiger partial charge on any atom is -0.504 e. The van der Waals surface area contributed by atoms with Gasteiger partial charge in [-0.1, -0.05) is 12.1 Å². The number of nitrogens with zero attached hydrogens (tertiary/aromatic N) is 1. The second kappa shape index (κ2) is 4.85. The molecule has 3 fully saturated rings. The van der Waals surface area contributed by atoms with Gasteiger partial charge in [0.1, 0.15) is 6.10 Å². The molecule has 4 unspecified atom stereocenters. The van der Waals surface area contributed by atoms with Crippen molar-refractivity contribution in [3.05, 3.63) is 34.9 Å². The summed E-state index contributed by atoms with van der Waals surface area (Å²) >= 11 is 0. The molecule has 6 rings (SSSR count). The summed E-state index contributed by atoms with van der Waals surface area (Å²) in [6, 6.07) is 4.02. The monoisotopic (exact) mass is 353 g/mol. The lowest BCUT2D eigenvalue weighted by Gasteiger charge is -2.63. The van der Waals surface area contributed by atoms with Gasteiger partial charge in [-0.15, -0.1) is 0 Å². The third-order valence-corrected chi connectivity index (χ3v) is 8.02. The molecule has 1 spiro atoms. The number of phenols is 1. The molecule has 4 heteroatoms. The number of phenolic OH excluding ortho intramolecular Hbond substituents is 1. The average Bonchev–Trinajstić information content (AvgIpc) is 3.37. The van der Waals surface area contributed by atoms with Crippen LogP contribution in [-0.2, 0) is 11.8 Å². The summed E-state index contributed by atoms with van der Waals surface area (Å²) in [5.74, 6) is 1.69. The van der Waals surface area contributed by atoms with Gasteiger partial charge in [-0.2, -0.15) is 0 Å². The van der Waals surface area contributed by atoms with Gasteiger partial charge >= 0.3 is 0 Å². The second-order valence-corrected chi connectivity index (χ2v) is 9.11. The zero-order valence-electron chi connectivity index (χ0n) is 15.4. The van der Waals surface area contributed by atoms with Crippen LogP contribution in [0.2, 0.25) is 0 Å². The van der Waals surface area contributed by atoms with Crippen LogP contribution in [0.5, 0.6) is 11.5 Å². The number of likely N-dealkylation sites (tertiary alicyclic amines) is 1. The Kier molecular flexibility index (Phi) is 2.89. The van der Waals surface area contributed by atoms with Crippen LogP contribution in [0, 0.1) is 5.92 Å². The van der Waals surface area contributed by atoms with Crippen LogP contribution in [0.3, 0.4) is 0 Å². The number of aliphatic hydroxyl groups is 1. The van der Waals surface area contributed by atoms with E-state index < -0.39 is 5.60 Å². The number of ether oxygens (including phenoxy) is 1. The fourth-order valence-corrected chi connectivity index (χ4v) is 6.63. The van der Waals surface area contributed by atoms with Crippen molar-refractivity contribution in [2.75, 3.05) is 13.1 Å². The van der Waals surface area contributed by atoms with E-state index in [1.54, 1.807) is 6.07 Å². The van der Waals surface area contributed by atoms with Crippen LogP contribution in [-0.4, -0.2) is 45.9 Å². The predicted molar refractivity (Wildman–Crippen MR) is 98.5 cm³/mol. The zero-order chi connectivity index (χ0) is 17.7. The first-order valence-corrected chi connectivity index (χ1v) is 10.2. The fraction of sp³-hybridized carbons (Fsp3) is 0.636. The van der Waals surface area contributed by atoms with Crippen LogP contribution in [0.25, 0.3) is 0 Å². The van der Waals surface area contributed by atoms with Crippen LogP contribution in [0.4, 0.5) is 0 Å². The lowest BCUT2D eigenvalue weighted by atomic mass is 9.48. The Morgan fingerprint density at radius 3 is 2.92 bits per heavy atom. The standard InChI is InChI=1S/C22H27NO3/c1-2-14-7-8-22(25)17-11-15-5-6-16(24)19-18(15)21(22,20(14)26-19)9-10-23(17)12-13-3-4-13/h2,5-6,13,17,20,24-25H,3-4,7-12H2,1H3. The molecule has 2 heterocycles. The molecule has 3 aliphatic carbocycles. The van der Waals surface area contributed by atoms with Gasteiger partial charge < -0.3 is 14.9 Å². The molecular formula is C22H27NO3. The maximum Gasteiger partial charge on any atom is 0.166 e. The molecule has 2 saturated carbocycles. The summed E-state index contributed by atoms with van der Waals surface area (Å²) in [6.07, 6.45) is 8.20. The van der Waals surface area contributed by atoms with E-state index in [0.717, 1.165) is 50.3 Å². The Hall–Kier alpha value is -1.52. The molecule has 138 valence electrons. The number of allylic oxidation sites excluding steroid dienone is 1. The van der Waals surface area contributed by atoms with Crippen molar-refractivity contribution in [2.24, 2.45) is 5.92 Å². The third-order valence-electron chi connectivity index (χ3n) is 8.02. The second-order valence-electron chi connectivity index (χ2n) is 9.11. The summed E-state index contributed by atoms with van der Waals surface area (Å²) in [5, 5.41) is 22.7. The van der Waals surface area contributed by atoms with Crippen LogP contribution in [0.1, 0.15) is 50.2 Å². The van der Waals surface area contributed by atoms with Gasteiger partial charge in [0.15, 0.2) is 11.5 Å². The van der Waals surface area contributed by atoms with E-state index >= 15 is 0 Å². The molecule has 1 saturated heterocycles. The van der Waals surface area contributed by atoms with E-state index in [1.807, 2.05) is 0 Å². The third kappa shape index (κ3) is 1.64. The number of hydrogen-bond donors (Lipinski definition) is 2. The SMILES string of the molecule is CC=C1CCC2(O)C3Cc4ccc(O)c5c4C2(CCN3CC2CC2)C1O5. The molecule has 2 aliphatic heterocycles. The first-order chi connectivity index (χ1) is 12.6. The van der Waals surface area contributed by atoms with Crippen molar-refractivity contribution in [3.63, 3.8) is 0 Å². The minimum atomic E-state index is -0.761. The molecular weight excluding hydrogens is 326 g/mol. The van der Waals surface area contributed by atoms with Gasteiger partial charge in [0.2, 0.25) is 0 Å². The van der Waals surface area contributed by atoms with Crippen molar-refractivity contribution < 1.29 is 14.9 Å². The highest BCUT2D eigenvalue weighted by Crippen LogP contribution is 2.66. The van der Waals surface area contributed by atoms with Gasteiger partial charge in [0.25, 0.3) is 0 Å². The maximum atomic E-state index is 12.2. The van der Waals surface area contributed by atoms with Gasteiger partial charge in [0, 0.05) is 18.2 Å². The highest BCUT2D eigenvalue weighted by molar-refractivity contribution is 5.64. The summed E-state index contributed by atoms with van der Waals surface area (Å²) in [7, 11) is 0. The van der Waals surface area contributed by atoms with Gasteiger partial charge in [-0.05, 0) is 75.1 Å². The number of benzene rings is 1. The summed E-state index contributed by atoms with van der Waals surface area (Å²) in [5.41, 5.74) is 2.52. The Balaban J connectivity index is 1.58. The maximum absolute atomic E-state index is 12.2. The van der Waals surface area contributed by atoms with Crippen molar-refractivity contribution >= 4 is 0 Å². The lowest BCUT2D eigenvalue weighted by Crippen LogP contribution is -2.75. The van der Waals surface area contributed by atoms with Crippen LogP contribution in [0.15, 0.2) is 23.8 Å². The quantitative estimate of drug-likeness (QED) is 0.803. The highest BCUT2D eigenvalue weighted by atomic mass is 16.5. The smallest absolute Gasteiger partial charge is 0.166 e. The molecule has 4 nitrogen and oxygen atoms in total. The van der Waals surface area contributed by atoms with E-state index in [0.29, 0.717) is 5.75 Å². The molecule has 26 heavy (non-hydrogen) atoms.